The number of aromatic nitrogens is 1. The molecule has 3 aromatic rings. The molecule has 0 bridgehead atoms. The van der Waals surface area contributed by atoms with Crippen LogP contribution in [0, 0.1) is 17.0 Å². The molecule has 0 aliphatic carbocycles. The van der Waals surface area contributed by atoms with E-state index in [9.17, 15) is 19.7 Å². The van der Waals surface area contributed by atoms with Gasteiger partial charge in [-0.15, -0.1) is 0 Å². The van der Waals surface area contributed by atoms with E-state index >= 15 is 0 Å². The molecule has 1 aromatic heterocycles. The monoisotopic (exact) mass is 433 g/mol. The van der Waals surface area contributed by atoms with Crippen molar-refractivity contribution >= 4 is 34.7 Å². The lowest BCUT2D eigenvalue weighted by atomic mass is 10.1. The number of para-hydroxylation sites is 1. The van der Waals surface area contributed by atoms with E-state index in [1.165, 1.54) is 11.0 Å². The molecule has 1 aliphatic heterocycles. The highest BCUT2D eigenvalue weighted by molar-refractivity contribution is 8.18. The Labute approximate surface area is 183 Å². The lowest BCUT2D eigenvalue weighted by molar-refractivity contribution is -0.385. The molecule has 1 aliphatic rings. The summed E-state index contributed by atoms with van der Waals surface area (Å²) in [6.07, 6.45) is 3.46. The van der Waals surface area contributed by atoms with Crippen molar-refractivity contribution in [2.45, 2.75) is 20.0 Å². The predicted molar refractivity (Wildman–Crippen MR) is 119 cm³/mol. The van der Waals surface area contributed by atoms with Gasteiger partial charge in [-0.3, -0.25) is 24.6 Å². The highest BCUT2D eigenvalue weighted by Crippen LogP contribution is 2.34. The van der Waals surface area contributed by atoms with Crippen molar-refractivity contribution in [1.29, 1.82) is 0 Å². The largest absolute Gasteiger partial charge is 0.343 e. The number of amides is 2. The van der Waals surface area contributed by atoms with Crippen LogP contribution in [0.5, 0.6) is 0 Å². The third-order valence-electron chi connectivity index (χ3n) is 5.14. The predicted octanol–water partition coefficient (Wildman–Crippen LogP) is 4.99. The topological polar surface area (TPSA) is 85.4 Å². The van der Waals surface area contributed by atoms with Gasteiger partial charge >= 0.3 is 0 Å². The van der Waals surface area contributed by atoms with Crippen molar-refractivity contribution in [3.05, 3.63) is 104 Å². The van der Waals surface area contributed by atoms with Crippen molar-refractivity contribution in [3.8, 4) is 0 Å². The highest BCUT2D eigenvalue weighted by atomic mass is 32.2. The minimum Gasteiger partial charge on any atom is -0.343 e. The number of hydrogen-bond acceptors (Lipinski definition) is 5. The maximum absolute atomic E-state index is 12.9. The van der Waals surface area contributed by atoms with Gasteiger partial charge in [0, 0.05) is 23.5 Å². The Balaban J connectivity index is 1.57. The molecule has 156 valence electrons. The number of imide groups is 1. The minimum absolute atomic E-state index is 0.0423. The summed E-state index contributed by atoms with van der Waals surface area (Å²) < 4.78 is 1.82. The Hall–Kier alpha value is -3.65. The first-order valence-electron chi connectivity index (χ1n) is 9.61. The van der Waals surface area contributed by atoms with Crippen molar-refractivity contribution in [2.24, 2.45) is 0 Å². The Morgan fingerprint density at radius 2 is 1.68 bits per heavy atom. The first kappa shape index (κ1) is 20.6. The van der Waals surface area contributed by atoms with Gasteiger partial charge < -0.3 is 4.57 Å². The first-order chi connectivity index (χ1) is 14.9. The van der Waals surface area contributed by atoms with Gasteiger partial charge in [-0.05, 0) is 48.0 Å². The van der Waals surface area contributed by atoms with Crippen molar-refractivity contribution in [3.63, 3.8) is 0 Å². The second-order valence-electron chi connectivity index (χ2n) is 7.14. The zero-order valence-electron chi connectivity index (χ0n) is 16.7. The van der Waals surface area contributed by atoms with Gasteiger partial charge in [0.1, 0.15) is 0 Å². The number of benzene rings is 2. The molecule has 1 saturated heterocycles. The maximum Gasteiger partial charge on any atom is 0.293 e. The Morgan fingerprint density at radius 1 is 0.968 bits per heavy atom. The number of nitro groups is 1. The van der Waals surface area contributed by atoms with Crippen molar-refractivity contribution < 1.29 is 14.5 Å². The average molecular weight is 433 g/mol. The Bertz CT molecular complexity index is 1210. The van der Waals surface area contributed by atoms with Crippen LogP contribution in [0.4, 0.5) is 10.5 Å². The van der Waals surface area contributed by atoms with E-state index in [2.05, 4.69) is 0 Å². The third kappa shape index (κ3) is 4.29. The molecule has 2 heterocycles. The molecule has 0 spiro atoms. The molecule has 0 saturated carbocycles. The molecule has 1 fully saturated rings. The molecular formula is C23H19N3O4S. The van der Waals surface area contributed by atoms with E-state index in [1.807, 2.05) is 41.8 Å². The van der Waals surface area contributed by atoms with E-state index in [1.54, 1.807) is 36.5 Å². The molecule has 0 N–H and O–H groups in total. The van der Waals surface area contributed by atoms with E-state index in [0.29, 0.717) is 16.2 Å². The minimum atomic E-state index is -0.407. The van der Waals surface area contributed by atoms with Gasteiger partial charge in [-0.2, -0.15) is 0 Å². The summed E-state index contributed by atoms with van der Waals surface area (Å²) in [6, 6.07) is 17.8. The lowest BCUT2D eigenvalue weighted by Crippen LogP contribution is -2.27. The quantitative estimate of drug-likeness (QED) is 0.311. The molecule has 7 nitrogen and oxygen atoms in total. The molecule has 0 atom stereocenters. The molecule has 0 unspecified atom stereocenters. The summed E-state index contributed by atoms with van der Waals surface area (Å²) in [5.74, 6) is -0.336. The zero-order chi connectivity index (χ0) is 22.0. The summed E-state index contributed by atoms with van der Waals surface area (Å²) in [5, 5.41) is 11.0. The summed E-state index contributed by atoms with van der Waals surface area (Å²) in [4.78, 5) is 37.8. The van der Waals surface area contributed by atoms with Gasteiger partial charge in [0.2, 0.25) is 0 Å². The number of nitrogens with zero attached hydrogens (tertiary/aromatic N) is 3. The second kappa shape index (κ2) is 8.61. The SMILES string of the molecule is Cc1ccccc1CN1C(=O)S/C(=C\c2cccn2Cc2ccccc2[N+](=O)[O-])C1=O. The van der Waals surface area contributed by atoms with Crippen LogP contribution in [0.1, 0.15) is 22.4 Å². The van der Waals surface area contributed by atoms with Crippen LogP contribution in [0.25, 0.3) is 6.08 Å². The van der Waals surface area contributed by atoms with E-state index in [0.717, 1.165) is 22.9 Å². The molecule has 8 heteroatoms. The number of rotatable bonds is 6. The fourth-order valence-electron chi connectivity index (χ4n) is 3.44. The van der Waals surface area contributed by atoms with Gasteiger partial charge in [-0.1, -0.05) is 42.5 Å². The molecule has 2 aromatic carbocycles. The third-order valence-corrected chi connectivity index (χ3v) is 6.04. The van der Waals surface area contributed by atoms with Crippen LogP contribution in [0.2, 0.25) is 0 Å². The van der Waals surface area contributed by atoms with Crippen molar-refractivity contribution in [2.75, 3.05) is 0 Å². The normalized spacial score (nSPS) is 15.1. The molecule has 2 amide bonds. The summed E-state index contributed by atoms with van der Waals surface area (Å²) >= 11 is 0.905. The fraction of sp³-hybridized carbons (Fsp3) is 0.130. The van der Waals surface area contributed by atoms with Crippen LogP contribution >= 0.6 is 11.8 Å². The van der Waals surface area contributed by atoms with Gasteiger partial charge in [0.15, 0.2) is 0 Å². The molecule has 0 radical (unpaired) electrons. The molecule has 4 rings (SSSR count). The van der Waals surface area contributed by atoms with Crippen LogP contribution in [-0.2, 0) is 17.9 Å². The molecule has 31 heavy (non-hydrogen) atoms. The van der Waals surface area contributed by atoms with Crippen LogP contribution in [0.3, 0.4) is 0 Å². The second-order valence-corrected chi connectivity index (χ2v) is 8.13. The van der Waals surface area contributed by atoms with Gasteiger partial charge in [0.25, 0.3) is 16.8 Å². The maximum atomic E-state index is 12.9. The van der Waals surface area contributed by atoms with Crippen LogP contribution in [0.15, 0.2) is 71.8 Å². The average Bonchev–Trinajstić information content (AvgIpc) is 3.29. The van der Waals surface area contributed by atoms with Crippen LogP contribution in [-0.4, -0.2) is 25.5 Å². The highest BCUT2D eigenvalue weighted by Gasteiger charge is 2.35. The number of thioether (sulfide) groups is 1. The van der Waals surface area contributed by atoms with Gasteiger partial charge in [-0.25, -0.2) is 0 Å². The number of nitro benzene ring substituents is 1. The first-order valence-corrected chi connectivity index (χ1v) is 10.4. The number of carbonyl (C=O) groups excluding carboxylic acids is 2. The van der Waals surface area contributed by atoms with Crippen molar-refractivity contribution in [1.82, 2.24) is 9.47 Å². The smallest absolute Gasteiger partial charge is 0.293 e. The van der Waals surface area contributed by atoms with Gasteiger partial charge in [0.05, 0.1) is 22.9 Å². The molecular weight excluding hydrogens is 414 g/mol. The summed E-state index contributed by atoms with van der Waals surface area (Å²) in [6.45, 7) is 2.45. The standard InChI is InChI=1S/C23H19N3O4S/c1-16-7-2-3-8-17(16)15-25-22(27)21(31-23(25)28)13-19-10-6-12-24(19)14-18-9-4-5-11-20(18)26(29)30/h2-13H,14-15H2,1H3/b21-13-. The number of aryl methyl sites for hydroxylation is 1. The van der Waals surface area contributed by atoms with E-state index in [-0.39, 0.29) is 29.9 Å². The Kier molecular flexibility index (Phi) is 5.73. The summed E-state index contributed by atoms with van der Waals surface area (Å²) in [5.41, 5.74) is 3.24. The van der Waals surface area contributed by atoms with E-state index < -0.39 is 4.92 Å². The Morgan fingerprint density at radius 3 is 2.42 bits per heavy atom. The number of carbonyl (C=O) groups is 2. The summed E-state index contributed by atoms with van der Waals surface area (Å²) in [7, 11) is 0. The number of hydrogen-bond donors (Lipinski definition) is 0. The fourth-order valence-corrected chi connectivity index (χ4v) is 4.26. The lowest BCUT2D eigenvalue weighted by Gasteiger charge is -2.14. The zero-order valence-corrected chi connectivity index (χ0v) is 17.5. The van der Waals surface area contributed by atoms with E-state index in [4.69, 9.17) is 0 Å². The van der Waals surface area contributed by atoms with Crippen LogP contribution < -0.4 is 0 Å².